The molecule has 0 aliphatic carbocycles. The van der Waals surface area contributed by atoms with Crippen molar-refractivity contribution in [3.63, 3.8) is 0 Å². The van der Waals surface area contributed by atoms with Crippen molar-refractivity contribution in [2.24, 2.45) is 0 Å². The Morgan fingerprint density at radius 2 is 1.86 bits per heavy atom. The first-order valence-corrected chi connectivity index (χ1v) is 6.80. The van der Waals surface area contributed by atoms with Crippen molar-refractivity contribution < 1.29 is 13.2 Å². The standard InChI is InChI=1S/C15H10BrF3N2/c16-14-7-12(6-5-10(14)8-20)21-9-11-3-1-2-4-13(11)15(17,18)19/h1-7,21H,9H2. The molecular formula is C15H10BrF3N2. The van der Waals surface area contributed by atoms with E-state index in [1.807, 2.05) is 6.07 Å². The van der Waals surface area contributed by atoms with Crippen molar-refractivity contribution in [2.45, 2.75) is 12.7 Å². The molecule has 108 valence electrons. The number of hydrogen-bond acceptors (Lipinski definition) is 2. The highest BCUT2D eigenvalue weighted by atomic mass is 79.9. The summed E-state index contributed by atoms with van der Waals surface area (Å²) >= 11 is 3.24. The summed E-state index contributed by atoms with van der Waals surface area (Å²) in [5, 5.41) is 11.7. The predicted molar refractivity (Wildman–Crippen MR) is 77.6 cm³/mol. The molecule has 2 aromatic rings. The van der Waals surface area contributed by atoms with Gasteiger partial charge in [-0.15, -0.1) is 0 Å². The van der Waals surface area contributed by atoms with Crippen molar-refractivity contribution in [1.82, 2.24) is 0 Å². The van der Waals surface area contributed by atoms with Crippen LogP contribution in [0.3, 0.4) is 0 Å². The Bertz CT molecular complexity index is 690. The predicted octanol–water partition coefficient (Wildman–Crippen LogP) is 4.95. The molecular weight excluding hydrogens is 345 g/mol. The van der Waals surface area contributed by atoms with Gasteiger partial charge in [0.2, 0.25) is 0 Å². The molecule has 0 heterocycles. The van der Waals surface area contributed by atoms with Crippen LogP contribution in [0.1, 0.15) is 16.7 Å². The topological polar surface area (TPSA) is 35.8 Å². The van der Waals surface area contributed by atoms with Crippen LogP contribution in [0.4, 0.5) is 18.9 Å². The lowest BCUT2D eigenvalue weighted by Crippen LogP contribution is -2.11. The Morgan fingerprint density at radius 3 is 2.48 bits per heavy atom. The Labute approximate surface area is 128 Å². The van der Waals surface area contributed by atoms with E-state index in [2.05, 4.69) is 21.2 Å². The summed E-state index contributed by atoms with van der Waals surface area (Å²) in [6.07, 6.45) is -4.37. The average Bonchev–Trinajstić information content (AvgIpc) is 2.44. The summed E-state index contributed by atoms with van der Waals surface area (Å²) in [4.78, 5) is 0. The molecule has 6 heteroatoms. The summed E-state index contributed by atoms with van der Waals surface area (Å²) in [5.41, 5.74) is 0.629. The van der Waals surface area contributed by atoms with Gasteiger partial charge in [-0.05, 0) is 45.8 Å². The highest BCUT2D eigenvalue weighted by molar-refractivity contribution is 9.10. The Balaban J connectivity index is 2.18. The first-order valence-electron chi connectivity index (χ1n) is 6.00. The lowest BCUT2D eigenvalue weighted by Gasteiger charge is -2.14. The van der Waals surface area contributed by atoms with Gasteiger partial charge < -0.3 is 5.32 Å². The van der Waals surface area contributed by atoms with E-state index in [4.69, 9.17) is 5.26 Å². The second kappa shape index (κ2) is 6.19. The second-order valence-electron chi connectivity index (χ2n) is 4.31. The van der Waals surface area contributed by atoms with Gasteiger partial charge in [0.25, 0.3) is 0 Å². The smallest absolute Gasteiger partial charge is 0.381 e. The number of nitrogens with zero attached hydrogens (tertiary/aromatic N) is 1. The Hall–Kier alpha value is -2.00. The average molecular weight is 355 g/mol. The molecule has 0 spiro atoms. The van der Waals surface area contributed by atoms with Crippen LogP contribution in [0.2, 0.25) is 0 Å². The number of nitriles is 1. The number of benzene rings is 2. The first kappa shape index (κ1) is 15.4. The van der Waals surface area contributed by atoms with Gasteiger partial charge in [0.05, 0.1) is 11.1 Å². The monoisotopic (exact) mass is 354 g/mol. The zero-order chi connectivity index (χ0) is 15.5. The molecule has 0 aliphatic heterocycles. The highest BCUT2D eigenvalue weighted by Crippen LogP contribution is 2.32. The number of nitrogens with one attached hydrogen (secondary N) is 1. The van der Waals surface area contributed by atoms with E-state index in [9.17, 15) is 13.2 Å². The number of hydrogen-bond donors (Lipinski definition) is 1. The fourth-order valence-corrected chi connectivity index (χ4v) is 2.33. The SMILES string of the molecule is N#Cc1ccc(NCc2ccccc2C(F)(F)F)cc1Br. The van der Waals surface area contributed by atoms with Crippen molar-refractivity contribution in [1.29, 1.82) is 5.26 Å². The number of rotatable bonds is 3. The van der Waals surface area contributed by atoms with Crippen molar-refractivity contribution in [2.75, 3.05) is 5.32 Å². The summed E-state index contributed by atoms with van der Waals surface area (Å²) in [6.45, 7) is 0.0496. The maximum Gasteiger partial charge on any atom is 0.416 e. The minimum absolute atomic E-state index is 0.0496. The fourth-order valence-electron chi connectivity index (χ4n) is 1.86. The minimum atomic E-state index is -4.37. The summed E-state index contributed by atoms with van der Waals surface area (Å²) in [5.74, 6) is 0. The number of anilines is 1. The molecule has 0 saturated heterocycles. The molecule has 0 aliphatic rings. The second-order valence-corrected chi connectivity index (χ2v) is 5.17. The van der Waals surface area contributed by atoms with E-state index in [1.54, 1.807) is 24.3 Å². The van der Waals surface area contributed by atoms with Crippen molar-refractivity contribution >= 4 is 21.6 Å². The minimum Gasteiger partial charge on any atom is -0.381 e. The van der Waals surface area contributed by atoms with E-state index in [0.29, 0.717) is 15.7 Å². The van der Waals surface area contributed by atoms with Crippen LogP contribution < -0.4 is 5.32 Å². The third-order valence-electron chi connectivity index (χ3n) is 2.90. The van der Waals surface area contributed by atoms with Crippen LogP contribution in [-0.4, -0.2) is 0 Å². The molecule has 2 nitrogen and oxygen atoms in total. The van der Waals surface area contributed by atoms with Gasteiger partial charge in [-0.1, -0.05) is 18.2 Å². The van der Waals surface area contributed by atoms with Gasteiger partial charge in [0, 0.05) is 16.7 Å². The zero-order valence-corrected chi connectivity index (χ0v) is 12.3. The first-order chi connectivity index (χ1) is 9.91. The highest BCUT2D eigenvalue weighted by Gasteiger charge is 2.32. The molecule has 0 aromatic heterocycles. The van der Waals surface area contributed by atoms with E-state index in [-0.39, 0.29) is 12.1 Å². The maximum atomic E-state index is 12.9. The molecule has 0 amide bonds. The van der Waals surface area contributed by atoms with Crippen LogP contribution in [0, 0.1) is 11.3 Å². The molecule has 21 heavy (non-hydrogen) atoms. The molecule has 0 bridgehead atoms. The Kier molecular flexibility index (Phi) is 4.53. The largest absolute Gasteiger partial charge is 0.416 e. The van der Waals surface area contributed by atoms with Crippen LogP contribution >= 0.6 is 15.9 Å². The lowest BCUT2D eigenvalue weighted by molar-refractivity contribution is -0.138. The zero-order valence-electron chi connectivity index (χ0n) is 10.7. The third kappa shape index (κ3) is 3.76. The normalized spacial score (nSPS) is 11.0. The molecule has 2 aromatic carbocycles. The third-order valence-corrected chi connectivity index (χ3v) is 3.55. The fraction of sp³-hybridized carbons (Fsp3) is 0.133. The van der Waals surface area contributed by atoms with E-state index >= 15 is 0 Å². The van der Waals surface area contributed by atoms with E-state index in [1.165, 1.54) is 12.1 Å². The van der Waals surface area contributed by atoms with Gasteiger partial charge in [-0.25, -0.2) is 0 Å². The van der Waals surface area contributed by atoms with Gasteiger partial charge >= 0.3 is 6.18 Å². The van der Waals surface area contributed by atoms with Crippen LogP contribution in [-0.2, 0) is 12.7 Å². The van der Waals surface area contributed by atoms with Gasteiger partial charge in [0.1, 0.15) is 6.07 Å². The summed E-state index contributed by atoms with van der Waals surface area (Å²) in [6, 6.07) is 12.4. The molecule has 2 rings (SSSR count). The molecule has 0 atom stereocenters. The van der Waals surface area contributed by atoms with Crippen LogP contribution in [0.25, 0.3) is 0 Å². The van der Waals surface area contributed by atoms with Gasteiger partial charge in [-0.3, -0.25) is 0 Å². The van der Waals surface area contributed by atoms with E-state index in [0.717, 1.165) is 6.07 Å². The summed E-state index contributed by atoms with van der Waals surface area (Å²) in [7, 11) is 0. The quantitative estimate of drug-likeness (QED) is 0.846. The molecule has 0 fully saturated rings. The molecule has 1 N–H and O–H groups in total. The summed E-state index contributed by atoms with van der Waals surface area (Å²) < 4.78 is 39.2. The number of halogens is 4. The molecule has 0 unspecified atom stereocenters. The molecule has 0 radical (unpaired) electrons. The maximum absolute atomic E-state index is 12.9. The molecule has 0 saturated carbocycles. The number of alkyl halides is 3. The van der Waals surface area contributed by atoms with Crippen molar-refractivity contribution in [3.05, 3.63) is 63.6 Å². The van der Waals surface area contributed by atoms with Crippen LogP contribution in [0.15, 0.2) is 46.9 Å². The van der Waals surface area contributed by atoms with Crippen LogP contribution in [0.5, 0.6) is 0 Å². The Morgan fingerprint density at radius 1 is 1.14 bits per heavy atom. The van der Waals surface area contributed by atoms with E-state index < -0.39 is 11.7 Å². The van der Waals surface area contributed by atoms with Gasteiger partial charge in [0.15, 0.2) is 0 Å². The van der Waals surface area contributed by atoms with Crippen molar-refractivity contribution in [3.8, 4) is 6.07 Å². The lowest BCUT2D eigenvalue weighted by atomic mass is 10.1. The van der Waals surface area contributed by atoms with Gasteiger partial charge in [-0.2, -0.15) is 18.4 Å².